The minimum Gasteiger partial charge on any atom is -0.493 e. The summed E-state index contributed by atoms with van der Waals surface area (Å²) in [6, 6.07) is 19.7. The van der Waals surface area contributed by atoms with Gasteiger partial charge in [-0.3, -0.25) is 9.59 Å². The van der Waals surface area contributed by atoms with Gasteiger partial charge in [-0.1, -0.05) is 72.6 Å². The van der Waals surface area contributed by atoms with Crippen LogP contribution in [0.5, 0.6) is 11.5 Å². The average molecular weight is 572 g/mol. The van der Waals surface area contributed by atoms with E-state index in [1.807, 2.05) is 62.4 Å². The van der Waals surface area contributed by atoms with Gasteiger partial charge in [0.1, 0.15) is 6.04 Å². The maximum absolute atomic E-state index is 13.9. The Bertz CT molecular complexity index is 1250. The van der Waals surface area contributed by atoms with Crippen molar-refractivity contribution < 1.29 is 19.1 Å². The van der Waals surface area contributed by atoms with E-state index < -0.39 is 6.04 Å². The van der Waals surface area contributed by atoms with Crippen LogP contribution in [0.15, 0.2) is 66.7 Å². The van der Waals surface area contributed by atoms with E-state index in [1.54, 1.807) is 37.3 Å². The van der Waals surface area contributed by atoms with E-state index in [-0.39, 0.29) is 30.8 Å². The number of rotatable bonds is 13. The summed E-state index contributed by atoms with van der Waals surface area (Å²) in [5, 5.41) is 4.03. The van der Waals surface area contributed by atoms with Crippen LogP contribution in [0.3, 0.4) is 0 Å². The van der Waals surface area contributed by atoms with E-state index in [2.05, 4.69) is 5.32 Å². The topological polar surface area (TPSA) is 67.9 Å². The second-order valence-electron chi connectivity index (χ2n) is 9.47. The fraction of sp³-hybridized carbons (Fsp3) is 0.355. The molecule has 0 spiro atoms. The van der Waals surface area contributed by atoms with E-state index in [1.165, 1.54) is 0 Å². The zero-order valence-corrected chi connectivity index (χ0v) is 24.4. The quantitative estimate of drug-likeness (QED) is 0.255. The Labute approximate surface area is 241 Å². The molecule has 0 fully saturated rings. The molecule has 2 amide bonds. The molecule has 3 aromatic carbocycles. The number of amides is 2. The van der Waals surface area contributed by atoms with Gasteiger partial charge < -0.3 is 19.7 Å². The molecule has 39 heavy (non-hydrogen) atoms. The molecular weight excluding hydrogens is 535 g/mol. The van der Waals surface area contributed by atoms with Crippen molar-refractivity contribution in [1.29, 1.82) is 0 Å². The molecule has 0 aliphatic rings. The van der Waals surface area contributed by atoms with Crippen LogP contribution in [0.4, 0.5) is 0 Å². The molecule has 1 N–H and O–H groups in total. The van der Waals surface area contributed by atoms with Gasteiger partial charge in [-0.25, -0.2) is 0 Å². The molecule has 0 heterocycles. The Morgan fingerprint density at radius 2 is 1.64 bits per heavy atom. The molecule has 0 radical (unpaired) electrons. The molecule has 0 unspecified atom stereocenters. The molecular formula is C31H36Cl2N2O4. The van der Waals surface area contributed by atoms with Gasteiger partial charge in [-0.2, -0.15) is 0 Å². The number of aryl methyl sites for hydroxylation is 1. The average Bonchev–Trinajstić information content (AvgIpc) is 2.94. The fourth-order valence-corrected chi connectivity index (χ4v) is 4.73. The zero-order valence-electron chi connectivity index (χ0n) is 22.9. The molecule has 0 saturated heterocycles. The van der Waals surface area contributed by atoms with Crippen LogP contribution in [0.2, 0.25) is 10.0 Å². The number of carbonyl (C=O) groups excluding carboxylic acids is 2. The molecule has 3 aromatic rings. The molecule has 208 valence electrons. The third-order valence-corrected chi connectivity index (χ3v) is 7.29. The second kappa shape index (κ2) is 14.8. The van der Waals surface area contributed by atoms with Gasteiger partial charge in [0, 0.05) is 35.5 Å². The summed E-state index contributed by atoms with van der Waals surface area (Å²) in [5.41, 5.74) is 2.60. The number of benzene rings is 3. The third-order valence-electron chi connectivity index (χ3n) is 6.70. The fourth-order valence-electron chi connectivity index (χ4n) is 4.26. The molecule has 0 aromatic heterocycles. The largest absolute Gasteiger partial charge is 0.493 e. The molecule has 6 nitrogen and oxygen atoms in total. The van der Waals surface area contributed by atoms with Gasteiger partial charge in [0.05, 0.1) is 14.2 Å². The Morgan fingerprint density at radius 1 is 0.923 bits per heavy atom. The summed E-state index contributed by atoms with van der Waals surface area (Å²) in [7, 11) is 3.16. The van der Waals surface area contributed by atoms with E-state index in [9.17, 15) is 9.59 Å². The van der Waals surface area contributed by atoms with Crippen LogP contribution >= 0.6 is 23.2 Å². The lowest BCUT2D eigenvalue weighted by molar-refractivity contribution is -0.141. The van der Waals surface area contributed by atoms with Crippen molar-refractivity contribution in [1.82, 2.24) is 10.2 Å². The number of ether oxygens (including phenoxy) is 2. The first kappa shape index (κ1) is 30.3. The summed E-state index contributed by atoms with van der Waals surface area (Å²) in [5.74, 6) is 0.868. The first-order chi connectivity index (χ1) is 18.7. The molecule has 0 aliphatic heterocycles. The number of nitrogens with one attached hydrogen (secondary N) is 1. The van der Waals surface area contributed by atoms with Gasteiger partial charge in [-0.15, -0.1) is 0 Å². The Balaban J connectivity index is 1.94. The van der Waals surface area contributed by atoms with Crippen molar-refractivity contribution in [3.05, 3.63) is 93.5 Å². The minimum absolute atomic E-state index is 0.0291. The Hall–Kier alpha value is -3.22. The van der Waals surface area contributed by atoms with Gasteiger partial charge in [-0.05, 0) is 60.7 Å². The normalized spacial score (nSPS) is 12.4. The maximum Gasteiger partial charge on any atom is 0.243 e. The molecule has 0 aliphatic carbocycles. The van der Waals surface area contributed by atoms with Gasteiger partial charge >= 0.3 is 0 Å². The van der Waals surface area contributed by atoms with Crippen molar-refractivity contribution >= 4 is 35.0 Å². The lowest BCUT2D eigenvalue weighted by atomic mass is 10.0. The number of hydrogen-bond acceptors (Lipinski definition) is 4. The van der Waals surface area contributed by atoms with Gasteiger partial charge in [0.2, 0.25) is 11.8 Å². The lowest BCUT2D eigenvalue weighted by Gasteiger charge is -2.32. The van der Waals surface area contributed by atoms with Crippen molar-refractivity contribution in [2.75, 3.05) is 14.2 Å². The summed E-state index contributed by atoms with van der Waals surface area (Å²) >= 11 is 12.6. The summed E-state index contributed by atoms with van der Waals surface area (Å²) in [6.07, 6.45) is 1.81. The molecule has 3 rings (SSSR count). The first-order valence-corrected chi connectivity index (χ1v) is 13.8. The van der Waals surface area contributed by atoms with Crippen LogP contribution in [-0.4, -0.2) is 43.0 Å². The van der Waals surface area contributed by atoms with E-state index in [0.717, 1.165) is 23.1 Å². The number of halogens is 2. The monoisotopic (exact) mass is 570 g/mol. The highest BCUT2D eigenvalue weighted by Crippen LogP contribution is 2.29. The maximum atomic E-state index is 13.9. The Morgan fingerprint density at radius 3 is 2.28 bits per heavy atom. The van der Waals surface area contributed by atoms with Crippen molar-refractivity contribution in [2.45, 2.75) is 58.2 Å². The number of hydrogen-bond donors (Lipinski definition) is 1. The van der Waals surface area contributed by atoms with Gasteiger partial charge in [0.15, 0.2) is 11.5 Å². The van der Waals surface area contributed by atoms with Crippen molar-refractivity contribution in [2.24, 2.45) is 0 Å². The third kappa shape index (κ3) is 8.64. The van der Waals surface area contributed by atoms with Crippen LogP contribution in [0.25, 0.3) is 0 Å². The Kier molecular flexibility index (Phi) is 11.5. The number of carbonyl (C=O) groups is 2. The van der Waals surface area contributed by atoms with E-state index in [0.29, 0.717) is 34.4 Å². The highest BCUT2D eigenvalue weighted by molar-refractivity contribution is 6.35. The predicted octanol–water partition coefficient (Wildman–Crippen LogP) is 6.50. The highest BCUT2D eigenvalue weighted by Gasteiger charge is 2.31. The van der Waals surface area contributed by atoms with Crippen LogP contribution < -0.4 is 14.8 Å². The summed E-state index contributed by atoms with van der Waals surface area (Å²) in [4.78, 5) is 29.2. The number of nitrogens with zero attached hydrogens (tertiary/aromatic N) is 1. The van der Waals surface area contributed by atoms with E-state index in [4.69, 9.17) is 32.7 Å². The highest BCUT2D eigenvalue weighted by atomic mass is 35.5. The van der Waals surface area contributed by atoms with Crippen molar-refractivity contribution in [3.8, 4) is 11.5 Å². The second-order valence-corrected chi connectivity index (χ2v) is 10.3. The number of methoxy groups -OCH3 is 2. The first-order valence-electron chi connectivity index (χ1n) is 13.0. The lowest BCUT2D eigenvalue weighted by Crippen LogP contribution is -2.52. The summed E-state index contributed by atoms with van der Waals surface area (Å²) in [6.45, 7) is 4.14. The molecule has 0 saturated carbocycles. The standard InChI is InChI=1S/C31H36Cl2N2O4/c1-5-21(2)34-31(37)27(17-22-9-7-6-8-10-22)35(20-24-13-14-25(32)19-26(24)33)30(36)16-12-23-11-15-28(38-3)29(18-23)39-4/h6-11,13-15,18-19,21,27H,5,12,16-17,20H2,1-4H3,(H,34,37)/t21-,27-/m1/s1. The van der Waals surface area contributed by atoms with Crippen LogP contribution in [0.1, 0.15) is 43.4 Å². The van der Waals surface area contributed by atoms with Crippen LogP contribution in [-0.2, 0) is 29.0 Å². The zero-order chi connectivity index (χ0) is 28.4. The smallest absolute Gasteiger partial charge is 0.243 e. The van der Waals surface area contributed by atoms with Crippen molar-refractivity contribution in [3.63, 3.8) is 0 Å². The summed E-state index contributed by atoms with van der Waals surface area (Å²) < 4.78 is 10.7. The minimum atomic E-state index is -0.731. The van der Waals surface area contributed by atoms with Gasteiger partial charge in [0.25, 0.3) is 0 Å². The predicted molar refractivity (Wildman–Crippen MR) is 157 cm³/mol. The molecule has 8 heteroatoms. The van der Waals surface area contributed by atoms with E-state index >= 15 is 0 Å². The SMILES string of the molecule is CC[C@@H](C)NC(=O)[C@@H](Cc1ccccc1)N(Cc1ccc(Cl)cc1Cl)C(=O)CCc1ccc(OC)c(OC)c1. The molecule has 2 atom stereocenters. The molecule has 0 bridgehead atoms. The van der Waals surface area contributed by atoms with Crippen LogP contribution in [0, 0.1) is 0 Å².